The Kier molecular flexibility index (Phi) is 3.56. The predicted octanol–water partition coefficient (Wildman–Crippen LogP) is 5.11. The van der Waals surface area contributed by atoms with Gasteiger partial charge in [0.1, 0.15) is 5.75 Å². The van der Waals surface area contributed by atoms with Gasteiger partial charge in [0.05, 0.1) is 6.61 Å². The molecule has 0 aliphatic heterocycles. The van der Waals surface area contributed by atoms with E-state index in [4.69, 9.17) is 4.74 Å². The second-order valence-corrected chi connectivity index (χ2v) is 6.45. The Labute approximate surface area is 117 Å². The molecule has 0 radical (unpaired) electrons. The molecule has 2 saturated carbocycles. The zero-order chi connectivity index (χ0) is 13.4. The Morgan fingerprint density at radius 1 is 1.00 bits per heavy atom. The molecule has 0 bridgehead atoms. The third-order valence-electron chi connectivity index (χ3n) is 5.00. The van der Waals surface area contributed by atoms with Crippen molar-refractivity contribution in [1.82, 2.24) is 0 Å². The maximum absolute atomic E-state index is 6.07. The van der Waals surface area contributed by atoms with E-state index < -0.39 is 0 Å². The Morgan fingerprint density at radius 3 is 1.84 bits per heavy atom. The summed E-state index contributed by atoms with van der Waals surface area (Å²) in [7, 11) is 0. The fourth-order valence-corrected chi connectivity index (χ4v) is 3.30. The standard InChI is InChI=1S/C18H26O/c1-4-19-18-16(12(2)14-8-9-14)6-5-7-17(18)13(3)15-10-11-15/h5-7,12-15H,4,8-11H2,1-3H3/t12-,13?/m0/s1. The molecule has 0 N–H and O–H groups in total. The van der Waals surface area contributed by atoms with Crippen molar-refractivity contribution in [3.05, 3.63) is 29.3 Å². The summed E-state index contributed by atoms with van der Waals surface area (Å²) in [5, 5.41) is 0. The lowest BCUT2D eigenvalue weighted by molar-refractivity contribution is 0.326. The van der Waals surface area contributed by atoms with Gasteiger partial charge < -0.3 is 4.74 Å². The predicted molar refractivity (Wildman–Crippen MR) is 79.9 cm³/mol. The van der Waals surface area contributed by atoms with E-state index in [2.05, 4.69) is 39.0 Å². The monoisotopic (exact) mass is 258 g/mol. The Morgan fingerprint density at radius 2 is 1.47 bits per heavy atom. The topological polar surface area (TPSA) is 9.23 Å². The molecular weight excluding hydrogens is 232 g/mol. The van der Waals surface area contributed by atoms with Gasteiger partial charge in [-0.25, -0.2) is 0 Å². The highest BCUT2D eigenvalue weighted by Crippen LogP contribution is 2.49. The van der Waals surface area contributed by atoms with E-state index in [-0.39, 0.29) is 0 Å². The highest BCUT2D eigenvalue weighted by Gasteiger charge is 2.34. The first-order valence-electron chi connectivity index (χ1n) is 7.98. The van der Waals surface area contributed by atoms with Crippen LogP contribution in [-0.2, 0) is 0 Å². The molecule has 2 atom stereocenters. The fourth-order valence-electron chi connectivity index (χ4n) is 3.30. The quantitative estimate of drug-likeness (QED) is 0.688. The van der Waals surface area contributed by atoms with Gasteiger partial charge in [0, 0.05) is 0 Å². The second kappa shape index (κ2) is 5.19. The van der Waals surface area contributed by atoms with E-state index in [1.165, 1.54) is 42.6 Å². The molecule has 0 amide bonds. The molecule has 0 spiro atoms. The lowest BCUT2D eigenvalue weighted by atomic mass is 9.88. The van der Waals surface area contributed by atoms with Gasteiger partial charge in [-0.2, -0.15) is 0 Å². The smallest absolute Gasteiger partial charge is 0.126 e. The van der Waals surface area contributed by atoms with Gasteiger partial charge in [-0.05, 0) is 67.4 Å². The summed E-state index contributed by atoms with van der Waals surface area (Å²) in [4.78, 5) is 0. The minimum Gasteiger partial charge on any atom is -0.493 e. The van der Waals surface area contributed by atoms with Gasteiger partial charge in [-0.1, -0.05) is 32.0 Å². The minimum atomic E-state index is 0.660. The molecule has 0 heterocycles. The summed E-state index contributed by atoms with van der Waals surface area (Å²) in [6.07, 6.45) is 5.59. The summed E-state index contributed by atoms with van der Waals surface area (Å²) >= 11 is 0. The molecule has 2 aliphatic carbocycles. The number of para-hydroxylation sites is 1. The van der Waals surface area contributed by atoms with Crippen molar-refractivity contribution in [2.24, 2.45) is 11.8 Å². The molecule has 104 valence electrons. The summed E-state index contributed by atoms with van der Waals surface area (Å²) in [5.74, 6) is 4.32. The Bertz CT molecular complexity index is 407. The maximum atomic E-state index is 6.07. The van der Waals surface area contributed by atoms with E-state index >= 15 is 0 Å². The third kappa shape index (κ3) is 2.66. The minimum absolute atomic E-state index is 0.660. The highest BCUT2D eigenvalue weighted by atomic mass is 16.5. The van der Waals surface area contributed by atoms with Crippen molar-refractivity contribution in [3.63, 3.8) is 0 Å². The van der Waals surface area contributed by atoms with Crippen LogP contribution in [0.3, 0.4) is 0 Å². The van der Waals surface area contributed by atoms with Crippen molar-refractivity contribution in [1.29, 1.82) is 0 Å². The lowest BCUT2D eigenvalue weighted by Crippen LogP contribution is -2.07. The number of ether oxygens (including phenoxy) is 1. The molecule has 1 unspecified atom stereocenters. The summed E-state index contributed by atoms with van der Waals surface area (Å²) in [6, 6.07) is 6.82. The Balaban J connectivity index is 1.95. The van der Waals surface area contributed by atoms with E-state index in [0.717, 1.165) is 18.4 Å². The lowest BCUT2D eigenvalue weighted by Gasteiger charge is -2.22. The van der Waals surface area contributed by atoms with Gasteiger partial charge in [-0.3, -0.25) is 0 Å². The molecule has 1 nitrogen and oxygen atoms in total. The van der Waals surface area contributed by atoms with Gasteiger partial charge in [-0.15, -0.1) is 0 Å². The maximum Gasteiger partial charge on any atom is 0.126 e. The van der Waals surface area contributed by atoms with Crippen molar-refractivity contribution >= 4 is 0 Å². The van der Waals surface area contributed by atoms with Gasteiger partial charge in [0.25, 0.3) is 0 Å². The second-order valence-electron chi connectivity index (χ2n) is 6.45. The summed E-state index contributed by atoms with van der Waals surface area (Å²) in [6.45, 7) is 7.63. The Hall–Kier alpha value is -0.980. The van der Waals surface area contributed by atoms with Crippen molar-refractivity contribution in [2.45, 2.75) is 58.3 Å². The van der Waals surface area contributed by atoms with Crippen LogP contribution in [0.15, 0.2) is 18.2 Å². The SMILES string of the molecule is CCOc1c(C(C)C2CC2)cccc1[C@@H](C)C1CC1. The van der Waals surface area contributed by atoms with E-state index in [1.54, 1.807) is 0 Å². The van der Waals surface area contributed by atoms with Crippen LogP contribution >= 0.6 is 0 Å². The van der Waals surface area contributed by atoms with E-state index in [1.807, 2.05) is 0 Å². The van der Waals surface area contributed by atoms with Crippen LogP contribution in [0.4, 0.5) is 0 Å². The molecule has 2 fully saturated rings. The van der Waals surface area contributed by atoms with E-state index in [9.17, 15) is 0 Å². The van der Waals surface area contributed by atoms with Crippen LogP contribution in [0.5, 0.6) is 5.75 Å². The molecule has 0 aromatic heterocycles. The highest BCUT2D eigenvalue weighted by molar-refractivity contribution is 5.46. The van der Waals surface area contributed by atoms with Gasteiger partial charge in [0.2, 0.25) is 0 Å². The largest absolute Gasteiger partial charge is 0.493 e. The van der Waals surface area contributed by atoms with Crippen LogP contribution in [0.2, 0.25) is 0 Å². The summed E-state index contributed by atoms with van der Waals surface area (Å²) < 4.78 is 6.07. The number of hydrogen-bond acceptors (Lipinski definition) is 1. The van der Waals surface area contributed by atoms with Crippen LogP contribution in [0.25, 0.3) is 0 Å². The van der Waals surface area contributed by atoms with E-state index in [0.29, 0.717) is 11.8 Å². The molecule has 2 aliphatic rings. The first-order valence-corrected chi connectivity index (χ1v) is 7.98. The zero-order valence-corrected chi connectivity index (χ0v) is 12.5. The average molecular weight is 258 g/mol. The van der Waals surface area contributed by atoms with Crippen LogP contribution in [0.1, 0.15) is 69.4 Å². The van der Waals surface area contributed by atoms with Crippen molar-refractivity contribution < 1.29 is 4.74 Å². The van der Waals surface area contributed by atoms with Crippen LogP contribution < -0.4 is 4.74 Å². The molecule has 1 aromatic rings. The average Bonchev–Trinajstić information content (AvgIpc) is 3.31. The molecular formula is C18H26O. The fraction of sp³-hybridized carbons (Fsp3) is 0.667. The summed E-state index contributed by atoms with van der Waals surface area (Å²) in [5.41, 5.74) is 2.91. The molecule has 1 heteroatoms. The number of hydrogen-bond donors (Lipinski definition) is 0. The van der Waals surface area contributed by atoms with Crippen molar-refractivity contribution in [2.75, 3.05) is 6.61 Å². The third-order valence-corrected chi connectivity index (χ3v) is 5.00. The molecule has 3 rings (SSSR count). The van der Waals surface area contributed by atoms with Crippen LogP contribution in [0, 0.1) is 11.8 Å². The van der Waals surface area contributed by atoms with Crippen LogP contribution in [-0.4, -0.2) is 6.61 Å². The first kappa shape index (κ1) is 13.0. The number of benzene rings is 1. The first-order chi connectivity index (χ1) is 9.22. The zero-order valence-electron chi connectivity index (χ0n) is 12.5. The normalized spacial score (nSPS) is 22.1. The number of rotatable bonds is 6. The van der Waals surface area contributed by atoms with Gasteiger partial charge >= 0.3 is 0 Å². The molecule has 19 heavy (non-hydrogen) atoms. The molecule has 1 aromatic carbocycles. The van der Waals surface area contributed by atoms with Gasteiger partial charge in [0.15, 0.2) is 0 Å². The molecule has 0 saturated heterocycles. The van der Waals surface area contributed by atoms with Crippen molar-refractivity contribution in [3.8, 4) is 5.75 Å².